The van der Waals surface area contributed by atoms with Crippen molar-refractivity contribution in [3.63, 3.8) is 0 Å². The molecule has 1 aromatic heterocycles. The van der Waals surface area contributed by atoms with Crippen LogP contribution in [-0.4, -0.2) is 28.5 Å². The number of amides is 1. The molecule has 0 saturated carbocycles. The molecule has 1 atom stereocenters. The van der Waals surface area contributed by atoms with E-state index in [0.29, 0.717) is 15.4 Å². The summed E-state index contributed by atoms with van der Waals surface area (Å²) in [6.07, 6.45) is 0.0183. The van der Waals surface area contributed by atoms with Gasteiger partial charge in [0.15, 0.2) is 0 Å². The Morgan fingerprint density at radius 3 is 2.82 bits per heavy atom. The van der Waals surface area contributed by atoms with Crippen LogP contribution in [0.2, 0.25) is 5.15 Å². The molecule has 0 spiro atoms. The van der Waals surface area contributed by atoms with Crippen LogP contribution >= 0.6 is 27.5 Å². The molecule has 0 bridgehead atoms. The first kappa shape index (κ1) is 12.3. The zero-order chi connectivity index (χ0) is 12.6. The van der Waals surface area contributed by atoms with E-state index >= 15 is 0 Å². The highest BCUT2D eigenvalue weighted by Crippen LogP contribution is 2.31. The number of aromatic nitrogens is 1. The van der Waals surface area contributed by atoms with E-state index in [9.17, 15) is 9.59 Å². The number of carboxylic acids is 1. The Balaban J connectivity index is 2.29. The van der Waals surface area contributed by atoms with E-state index in [2.05, 4.69) is 20.9 Å². The standard InChI is InChI=1S/C10H8BrClN2O3/c11-9-6(1-2-7(12)13-9)14-4-5(10(16)17)3-8(14)15/h1-2,5H,3-4H2,(H,16,17). The minimum Gasteiger partial charge on any atom is -0.481 e. The van der Waals surface area contributed by atoms with Crippen molar-refractivity contribution in [2.45, 2.75) is 6.42 Å². The largest absolute Gasteiger partial charge is 0.481 e. The Hall–Kier alpha value is -1.14. The Morgan fingerprint density at radius 1 is 1.59 bits per heavy atom. The number of halogens is 2. The highest BCUT2D eigenvalue weighted by atomic mass is 79.9. The Labute approximate surface area is 111 Å². The zero-order valence-electron chi connectivity index (χ0n) is 8.56. The highest BCUT2D eigenvalue weighted by Gasteiger charge is 2.35. The fraction of sp³-hybridized carbons (Fsp3) is 0.300. The minimum absolute atomic E-state index is 0.0183. The van der Waals surface area contributed by atoms with Crippen LogP contribution in [0.4, 0.5) is 5.69 Å². The van der Waals surface area contributed by atoms with Gasteiger partial charge in [-0.2, -0.15) is 0 Å². The third kappa shape index (κ3) is 2.42. The lowest BCUT2D eigenvalue weighted by molar-refractivity contribution is -0.141. The number of hydrogen-bond acceptors (Lipinski definition) is 3. The van der Waals surface area contributed by atoms with Crippen LogP contribution in [-0.2, 0) is 9.59 Å². The molecule has 1 unspecified atom stereocenters. The molecule has 5 nitrogen and oxygen atoms in total. The smallest absolute Gasteiger partial charge is 0.308 e. The average molecular weight is 320 g/mol. The number of carboxylic acid groups (broad SMARTS) is 1. The van der Waals surface area contributed by atoms with Crippen molar-refractivity contribution in [1.29, 1.82) is 0 Å². The quantitative estimate of drug-likeness (QED) is 0.846. The summed E-state index contributed by atoms with van der Waals surface area (Å²) in [5.41, 5.74) is 0.545. The van der Waals surface area contributed by atoms with Crippen molar-refractivity contribution < 1.29 is 14.7 Å². The van der Waals surface area contributed by atoms with E-state index < -0.39 is 11.9 Å². The van der Waals surface area contributed by atoms with Gasteiger partial charge in [-0.3, -0.25) is 9.59 Å². The molecule has 1 aliphatic heterocycles. The molecular formula is C10H8BrClN2O3. The number of aliphatic carboxylic acids is 1. The van der Waals surface area contributed by atoms with Gasteiger partial charge >= 0.3 is 5.97 Å². The molecule has 1 fully saturated rings. The molecule has 2 rings (SSSR count). The molecule has 1 N–H and O–H groups in total. The predicted molar refractivity (Wildman–Crippen MR) is 65.0 cm³/mol. The van der Waals surface area contributed by atoms with Crippen LogP contribution in [0.1, 0.15) is 6.42 Å². The maximum Gasteiger partial charge on any atom is 0.308 e. The summed E-state index contributed by atoms with van der Waals surface area (Å²) in [5.74, 6) is -1.84. The Kier molecular flexibility index (Phi) is 3.35. The summed E-state index contributed by atoms with van der Waals surface area (Å²) in [5, 5.41) is 9.19. The second-order valence-corrected chi connectivity index (χ2v) is 4.83. The van der Waals surface area contributed by atoms with E-state index in [0.717, 1.165) is 0 Å². The maximum atomic E-state index is 11.7. The molecule has 90 valence electrons. The Bertz CT molecular complexity index is 494. The first-order chi connectivity index (χ1) is 7.99. The minimum atomic E-state index is -0.959. The molecule has 1 saturated heterocycles. The van der Waals surface area contributed by atoms with Gasteiger partial charge in [0.1, 0.15) is 9.76 Å². The summed E-state index contributed by atoms with van der Waals surface area (Å²) in [6, 6.07) is 3.20. The summed E-state index contributed by atoms with van der Waals surface area (Å²) >= 11 is 8.91. The van der Waals surface area contributed by atoms with Crippen molar-refractivity contribution in [3.05, 3.63) is 21.9 Å². The third-order valence-corrected chi connectivity index (χ3v) is 3.35. The fourth-order valence-corrected chi connectivity index (χ4v) is 2.50. The first-order valence-electron chi connectivity index (χ1n) is 4.84. The number of rotatable bonds is 2. The van der Waals surface area contributed by atoms with Crippen molar-refractivity contribution in [2.24, 2.45) is 5.92 Å². The van der Waals surface area contributed by atoms with Crippen molar-refractivity contribution >= 4 is 45.1 Å². The van der Waals surface area contributed by atoms with Gasteiger partial charge < -0.3 is 10.0 Å². The molecule has 1 aliphatic rings. The molecule has 17 heavy (non-hydrogen) atoms. The van der Waals surface area contributed by atoms with Gasteiger partial charge in [0.2, 0.25) is 5.91 Å². The summed E-state index contributed by atoms with van der Waals surface area (Å²) in [4.78, 5) is 27.9. The summed E-state index contributed by atoms with van der Waals surface area (Å²) in [7, 11) is 0. The van der Waals surface area contributed by atoms with Crippen molar-refractivity contribution in [2.75, 3.05) is 11.4 Å². The third-order valence-electron chi connectivity index (χ3n) is 2.56. The van der Waals surface area contributed by atoms with Gasteiger partial charge in [-0.25, -0.2) is 4.98 Å². The van der Waals surface area contributed by atoms with Gasteiger partial charge in [-0.05, 0) is 28.1 Å². The first-order valence-corrected chi connectivity index (χ1v) is 6.01. The monoisotopic (exact) mass is 318 g/mol. The lowest BCUT2D eigenvalue weighted by Gasteiger charge is -2.17. The van der Waals surface area contributed by atoms with Gasteiger partial charge in [0.05, 0.1) is 11.6 Å². The van der Waals surface area contributed by atoms with Gasteiger partial charge in [-0.1, -0.05) is 11.6 Å². The number of pyridine rings is 1. The molecule has 2 heterocycles. The second kappa shape index (κ2) is 4.62. The predicted octanol–water partition coefficient (Wildman–Crippen LogP) is 1.94. The maximum absolute atomic E-state index is 11.7. The van der Waals surface area contributed by atoms with E-state index in [1.54, 1.807) is 12.1 Å². The lowest BCUT2D eigenvalue weighted by Crippen LogP contribution is -2.26. The molecule has 0 radical (unpaired) electrons. The van der Waals surface area contributed by atoms with Crippen LogP contribution < -0.4 is 4.90 Å². The van der Waals surface area contributed by atoms with Gasteiger partial charge in [0, 0.05) is 13.0 Å². The van der Waals surface area contributed by atoms with E-state index in [-0.39, 0.29) is 18.9 Å². The average Bonchev–Trinajstić information content (AvgIpc) is 2.61. The normalized spacial score (nSPS) is 19.8. The number of carbonyl (C=O) groups is 2. The van der Waals surface area contributed by atoms with Crippen molar-refractivity contribution in [3.8, 4) is 0 Å². The van der Waals surface area contributed by atoms with Crippen LogP contribution in [0.15, 0.2) is 16.7 Å². The van der Waals surface area contributed by atoms with Gasteiger partial charge in [0.25, 0.3) is 0 Å². The summed E-state index contributed by atoms with van der Waals surface area (Å²) in [6.45, 7) is 0.163. The van der Waals surface area contributed by atoms with E-state index in [1.165, 1.54) is 4.90 Å². The van der Waals surface area contributed by atoms with Crippen LogP contribution in [0.5, 0.6) is 0 Å². The van der Waals surface area contributed by atoms with Crippen LogP contribution in [0, 0.1) is 5.92 Å². The van der Waals surface area contributed by atoms with Gasteiger partial charge in [-0.15, -0.1) is 0 Å². The molecule has 7 heteroatoms. The van der Waals surface area contributed by atoms with Crippen molar-refractivity contribution in [1.82, 2.24) is 4.98 Å². The molecule has 1 amide bonds. The molecule has 0 aliphatic carbocycles. The molecular weight excluding hydrogens is 311 g/mol. The van der Waals surface area contributed by atoms with E-state index in [1.807, 2.05) is 0 Å². The van der Waals surface area contributed by atoms with Crippen LogP contribution in [0.3, 0.4) is 0 Å². The van der Waals surface area contributed by atoms with E-state index in [4.69, 9.17) is 16.7 Å². The molecule has 0 aromatic carbocycles. The Morgan fingerprint density at radius 2 is 2.29 bits per heavy atom. The fourth-order valence-electron chi connectivity index (χ4n) is 1.71. The highest BCUT2D eigenvalue weighted by molar-refractivity contribution is 9.10. The second-order valence-electron chi connectivity index (χ2n) is 3.69. The zero-order valence-corrected chi connectivity index (χ0v) is 10.9. The number of hydrogen-bond donors (Lipinski definition) is 1. The number of nitrogens with zero attached hydrogens (tertiary/aromatic N) is 2. The summed E-state index contributed by atoms with van der Waals surface area (Å²) < 4.78 is 0.435. The lowest BCUT2D eigenvalue weighted by atomic mass is 10.1. The van der Waals surface area contributed by atoms with Crippen LogP contribution in [0.25, 0.3) is 0 Å². The SMILES string of the molecule is O=C(O)C1CC(=O)N(c2ccc(Cl)nc2Br)C1. The molecule has 1 aromatic rings. The topological polar surface area (TPSA) is 70.5 Å². The number of carbonyl (C=O) groups excluding carboxylic acids is 1. The number of anilines is 1.